The van der Waals surface area contributed by atoms with Crippen LogP contribution in [0.4, 0.5) is 0 Å². The second kappa shape index (κ2) is 9.66. The van der Waals surface area contributed by atoms with Gasteiger partial charge in [0.2, 0.25) is 15.9 Å². The zero-order valence-electron chi connectivity index (χ0n) is 15.9. The Morgan fingerprint density at radius 2 is 1.78 bits per heavy atom. The molecule has 0 saturated carbocycles. The highest BCUT2D eigenvalue weighted by molar-refractivity contribution is 7.89. The molecular weight excluding hydrogens is 364 g/mol. The summed E-state index contributed by atoms with van der Waals surface area (Å²) in [5.74, 6) is 0.00626. The summed E-state index contributed by atoms with van der Waals surface area (Å²) in [6.07, 6.45) is 7.26. The fraction of sp³-hybridized carbons (Fsp3) is 0.650. The molecule has 2 aliphatic heterocycles. The summed E-state index contributed by atoms with van der Waals surface area (Å²) in [6.45, 7) is 2.57. The van der Waals surface area contributed by atoms with Crippen LogP contribution in [0.5, 0.6) is 0 Å². The van der Waals surface area contributed by atoms with E-state index in [9.17, 15) is 13.2 Å². The van der Waals surface area contributed by atoms with Crippen LogP contribution in [0.3, 0.4) is 0 Å². The number of ether oxygens (including phenoxy) is 1. The van der Waals surface area contributed by atoms with E-state index in [1.807, 2.05) is 12.1 Å². The van der Waals surface area contributed by atoms with Crippen molar-refractivity contribution in [2.24, 2.45) is 0 Å². The Balaban J connectivity index is 1.49. The first kappa shape index (κ1) is 20.3. The summed E-state index contributed by atoms with van der Waals surface area (Å²) in [6, 6.07) is 6.97. The van der Waals surface area contributed by atoms with E-state index >= 15 is 0 Å². The monoisotopic (exact) mass is 394 g/mol. The molecule has 27 heavy (non-hydrogen) atoms. The summed E-state index contributed by atoms with van der Waals surface area (Å²) >= 11 is 0. The molecule has 2 fully saturated rings. The van der Waals surface area contributed by atoms with Gasteiger partial charge in [0.05, 0.1) is 11.0 Å². The third kappa shape index (κ3) is 5.77. The number of sulfonamides is 1. The van der Waals surface area contributed by atoms with Crippen LogP contribution < -0.4 is 5.32 Å². The molecule has 0 radical (unpaired) electrons. The number of nitrogens with one attached hydrogen (secondary N) is 1. The van der Waals surface area contributed by atoms with E-state index in [2.05, 4.69) is 5.32 Å². The van der Waals surface area contributed by atoms with Crippen molar-refractivity contribution in [1.29, 1.82) is 0 Å². The minimum absolute atomic E-state index is 0.00626. The van der Waals surface area contributed by atoms with Gasteiger partial charge >= 0.3 is 0 Å². The third-order valence-corrected chi connectivity index (χ3v) is 7.23. The van der Waals surface area contributed by atoms with Crippen LogP contribution in [0, 0.1) is 0 Å². The highest BCUT2D eigenvalue weighted by Gasteiger charge is 2.25. The Kier molecular flexibility index (Phi) is 7.26. The van der Waals surface area contributed by atoms with E-state index in [-0.39, 0.29) is 12.0 Å². The maximum absolute atomic E-state index is 12.8. The average Bonchev–Trinajstić information content (AvgIpc) is 3.04. The maximum Gasteiger partial charge on any atom is 0.243 e. The molecule has 150 valence electrons. The molecule has 0 aliphatic carbocycles. The molecule has 3 rings (SSSR count). The van der Waals surface area contributed by atoms with Crippen LogP contribution >= 0.6 is 0 Å². The van der Waals surface area contributed by atoms with E-state index in [0.29, 0.717) is 37.4 Å². The van der Waals surface area contributed by atoms with Crippen molar-refractivity contribution in [3.05, 3.63) is 29.8 Å². The van der Waals surface area contributed by atoms with Gasteiger partial charge in [-0.1, -0.05) is 25.0 Å². The Hall–Kier alpha value is -1.44. The van der Waals surface area contributed by atoms with Crippen molar-refractivity contribution in [2.45, 2.75) is 62.4 Å². The van der Waals surface area contributed by atoms with E-state index in [0.717, 1.165) is 50.7 Å². The minimum atomic E-state index is -3.41. The normalized spacial score (nSPS) is 21.7. The second-order valence-electron chi connectivity index (χ2n) is 7.40. The number of benzene rings is 1. The molecule has 1 unspecified atom stereocenters. The quantitative estimate of drug-likeness (QED) is 0.771. The SMILES string of the molecule is O=C(CCc1ccc(S(=O)(=O)N2CCCCCC2)cc1)NCC1CCCO1. The van der Waals surface area contributed by atoms with Gasteiger partial charge in [-0.2, -0.15) is 4.31 Å². The molecule has 0 bridgehead atoms. The Morgan fingerprint density at radius 3 is 2.41 bits per heavy atom. The average molecular weight is 395 g/mol. The van der Waals surface area contributed by atoms with Crippen molar-refractivity contribution in [2.75, 3.05) is 26.2 Å². The molecule has 7 heteroatoms. The first-order valence-electron chi connectivity index (χ1n) is 10.0. The third-order valence-electron chi connectivity index (χ3n) is 5.32. The summed E-state index contributed by atoms with van der Waals surface area (Å²) < 4.78 is 32.7. The van der Waals surface area contributed by atoms with Crippen molar-refractivity contribution < 1.29 is 17.9 Å². The summed E-state index contributed by atoms with van der Waals surface area (Å²) in [5, 5.41) is 2.91. The standard InChI is InChI=1S/C20H30N2O4S/c23-20(21-16-18-6-5-15-26-18)12-9-17-7-10-19(11-8-17)27(24,25)22-13-3-1-2-4-14-22/h7-8,10-11,18H,1-6,9,12-16H2,(H,21,23). The van der Waals surface area contributed by atoms with Crippen molar-refractivity contribution >= 4 is 15.9 Å². The second-order valence-corrected chi connectivity index (χ2v) is 9.34. The van der Waals surface area contributed by atoms with Crippen LogP contribution in [0.25, 0.3) is 0 Å². The smallest absolute Gasteiger partial charge is 0.243 e. The highest BCUT2D eigenvalue weighted by Crippen LogP contribution is 2.21. The molecular formula is C20H30N2O4S. The van der Waals surface area contributed by atoms with Gasteiger partial charge in [0.1, 0.15) is 0 Å². The van der Waals surface area contributed by atoms with Crippen LogP contribution in [0.2, 0.25) is 0 Å². The summed E-state index contributed by atoms with van der Waals surface area (Å²) in [4.78, 5) is 12.3. The van der Waals surface area contributed by atoms with E-state index in [1.165, 1.54) is 0 Å². The molecule has 2 saturated heterocycles. The van der Waals surface area contributed by atoms with Crippen LogP contribution in [0.1, 0.15) is 50.5 Å². The van der Waals surface area contributed by atoms with E-state index in [4.69, 9.17) is 4.74 Å². The number of rotatable bonds is 7. The number of carbonyl (C=O) groups excluding carboxylic acids is 1. The predicted molar refractivity (Wildman–Crippen MR) is 104 cm³/mol. The lowest BCUT2D eigenvalue weighted by Gasteiger charge is -2.20. The zero-order chi connectivity index (χ0) is 19.1. The van der Waals surface area contributed by atoms with Gasteiger partial charge in [-0.3, -0.25) is 4.79 Å². The summed E-state index contributed by atoms with van der Waals surface area (Å²) in [5.41, 5.74) is 0.970. The number of aryl methyl sites for hydroxylation is 1. The summed E-state index contributed by atoms with van der Waals surface area (Å²) in [7, 11) is -3.41. The van der Waals surface area contributed by atoms with E-state index in [1.54, 1.807) is 16.4 Å². The molecule has 1 aromatic rings. The topological polar surface area (TPSA) is 75.7 Å². The van der Waals surface area contributed by atoms with Gasteiger partial charge in [-0.05, 0) is 49.8 Å². The first-order chi connectivity index (χ1) is 13.1. The Labute approximate surface area is 162 Å². The first-order valence-corrected chi connectivity index (χ1v) is 11.5. The van der Waals surface area contributed by atoms with Gasteiger partial charge in [-0.15, -0.1) is 0 Å². The lowest BCUT2D eigenvalue weighted by atomic mass is 10.1. The molecule has 0 spiro atoms. The Morgan fingerprint density at radius 1 is 1.07 bits per heavy atom. The zero-order valence-corrected chi connectivity index (χ0v) is 16.7. The molecule has 0 aromatic heterocycles. The van der Waals surface area contributed by atoms with Gasteiger partial charge in [-0.25, -0.2) is 8.42 Å². The number of hydrogen-bond donors (Lipinski definition) is 1. The highest BCUT2D eigenvalue weighted by atomic mass is 32.2. The Bertz CT molecular complexity index is 704. The molecule has 2 aliphatic rings. The maximum atomic E-state index is 12.8. The van der Waals surface area contributed by atoms with E-state index < -0.39 is 10.0 Å². The van der Waals surface area contributed by atoms with Crippen LogP contribution in [0.15, 0.2) is 29.2 Å². The van der Waals surface area contributed by atoms with Crippen molar-refractivity contribution in [3.63, 3.8) is 0 Å². The largest absolute Gasteiger partial charge is 0.376 e. The fourth-order valence-corrected chi connectivity index (χ4v) is 5.16. The van der Waals surface area contributed by atoms with Gasteiger partial charge in [0, 0.05) is 32.7 Å². The fourth-order valence-electron chi connectivity index (χ4n) is 3.64. The van der Waals surface area contributed by atoms with Crippen molar-refractivity contribution in [3.8, 4) is 0 Å². The minimum Gasteiger partial charge on any atom is -0.376 e. The van der Waals surface area contributed by atoms with Crippen molar-refractivity contribution in [1.82, 2.24) is 9.62 Å². The number of hydrogen-bond acceptors (Lipinski definition) is 4. The van der Waals surface area contributed by atoms with Gasteiger partial charge in [0.25, 0.3) is 0 Å². The lowest BCUT2D eigenvalue weighted by molar-refractivity contribution is -0.121. The lowest BCUT2D eigenvalue weighted by Crippen LogP contribution is -2.32. The number of amides is 1. The van der Waals surface area contributed by atoms with Crippen LogP contribution in [-0.2, 0) is 26.0 Å². The number of nitrogens with zero attached hydrogens (tertiary/aromatic N) is 1. The van der Waals surface area contributed by atoms with Crippen LogP contribution in [-0.4, -0.2) is 51.0 Å². The molecule has 2 heterocycles. The molecule has 1 amide bonds. The molecule has 1 atom stereocenters. The van der Waals surface area contributed by atoms with Gasteiger partial charge in [0.15, 0.2) is 0 Å². The molecule has 1 aromatic carbocycles. The predicted octanol–water partition coefficient (Wildman–Crippen LogP) is 2.48. The molecule has 6 nitrogen and oxygen atoms in total. The number of carbonyl (C=O) groups is 1. The van der Waals surface area contributed by atoms with Gasteiger partial charge < -0.3 is 10.1 Å². The molecule has 1 N–H and O–H groups in total.